The van der Waals surface area contributed by atoms with Crippen molar-refractivity contribution in [3.8, 4) is 0 Å². The van der Waals surface area contributed by atoms with Crippen LogP contribution in [0.2, 0.25) is 0 Å². The lowest BCUT2D eigenvalue weighted by atomic mass is 10.2. The van der Waals surface area contributed by atoms with Gasteiger partial charge in [-0.15, -0.1) is 0 Å². The van der Waals surface area contributed by atoms with E-state index in [4.69, 9.17) is 0 Å². The summed E-state index contributed by atoms with van der Waals surface area (Å²) in [6, 6.07) is 2.19. The van der Waals surface area contributed by atoms with Gasteiger partial charge in [0.05, 0.1) is 0 Å². The molecule has 0 spiro atoms. The Hall–Kier alpha value is -2.18. The van der Waals surface area contributed by atoms with Crippen LogP contribution < -0.4 is 10.2 Å². The first-order chi connectivity index (χ1) is 10.2. The summed E-state index contributed by atoms with van der Waals surface area (Å²) in [6.45, 7) is 5.60. The number of aryl methyl sites for hydroxylation is 1. The second-order valence-corrected chi connectivity index (χ2v) is 5.42. The number of rotatable bonds is 3. The lowest BCUT2D eigenvalue weighted by Gasteiger charge is -2.28. The van der Waals surface area contributed by atoms with Gasteiger partial charge in [-0.2, -0.15) is 14.6 Å². The third-order valence-electron chi connectivity index (χ3n) is 3.77. The van der Waals surface area contributed by atoms with E-state index in [1.165, 1.54) is 6.33 Å². The van der Waals surface area contributed by atoms with Gasteiger partial charge < -0.3 is 10.2 Å². The SMILES string of the molecule is CCCc1cc(N2CCNC(=O)CC2C)n2ncnc2n1. The molecule has 1 N–H and O–H groups in total. The fourth-order valence-corrected chi connectivity index (χ4v) is 2.76. The molecule has 0 radical (unpaired) electrons. The molecule has 0 bridgehead atoms. The maximum Gasteiger partial charge on any atom is 0.254 e. The zero-order chi connectivity index (χ0) is 14.8. The van der Waals surface area contributed by atoms with Gasteiger partial charge in [0.15, 0.2) is 0 Å². The Morgan fingerprint density at radius 2 is 2.33 bits per heavy atom. The Morgan fingerprint density at radius 3 is 3.14 bits per heavy atom. The minimum atomic E-state index is 0.0997. The van der Waals surface area contributed by atoms with Crippen LogP contribution in [0.25, 0.3) is 5.78 Å². The summed E-state index contributed by atoms with van der Waals surface area (Å²) in [5.41, 5.74) is 1.02. The topological polar surface area (TPSA) is 75.4 Å². The van der Waals surface area contributed by atoms with E-state index in [9.17, 15) is 4.79 Å². The van der Waals surface area contributed by atoms with Gasteiger partial charge in [0.2, 0.25) is 5.91 Å². The smallest absolute Gasteiger partial charge is 0.254 e. The Balaban J connectivity index is 2.04. The number of hydrogen-bond donors (Lipinski definition) is 1. The molecule has 0 aliphatic carbocycles. The van der Waals surface area contributed by atoms with E-state index < -0.39 is 0 Å². The molecule has 0 aromatic carbocycles. The fourth-order valence-electron chi connectivity index (χ4n) is 2.76. The van der Waals surface area contributed by atoms with Gasteiger partial charge in [0, 0.05) is 37.3 Å². The monoisotopic (exact) mass is 288 g/mol. The number of nitrogens with zero attached hydrogens (tertiary/aromatic N) is 5. The Labute approximate surface area is 123 Å². The average Bonchev–Trinajstić information content (AvgIpc) is 2.84. The first kappa shape index (κ1) is 13.8. The molecule has 2 aromatic rings. The molecule has 3 heterocycles. The van der Waals surface area contributed by atoms with Crippen molar-refractivity contribution in [2.75, 3.05) is 18.0 Å². The number of carbonyl (C=O) groups excluding carboxylic acids is 1. The van der Waals surface area contributed by atoms with Crippen molar-refractivity contribution in [3.05, 3.63) is 18.1 Å². The van der Waals surface area contributed by atoms with Crippen LogP contribution in [0.1, 0.15) is 32.4 Å². The van der Waals surface area contributed by atoms with Gasteiger partial charge in [0.1, 0.15) is 12.1 Å². The number of hydrogen-bond acceptors (Lipinski definition) is 5. The first-order valence-corrected chi connectivity index (χ1v) is 7.42. The van der Waals surface area contributed by atoms with Crippen LogP contribution in [-0.4, -0.2) is 44.6 Å². The Morgan fingerprint density at radius 1 is 1.48 bits per heavy atom. The highest BCUT2D eigenvalue weighted by atomic mass is 16.1. The Kier molecular flexibility index (Phi) is 3.72. The standard InChI is InChI=1S/C14H20N6O/c1-3-4-11-8-13(20-14(18-11)16-9-17-20)19-6-5-15-12(21)7-10(19)2/h8-10H,3-7H2,1-2H3,(H,15,21). The third kappa shape index (κ3) is 2.68. The van der Waals surface area contributed by atoms with Crippen LogP contribution in [0.15, 0.2) is 12.4 Å². The quantitative estimate of drug-likeness (QED) is 0.904. The number of fused-ring (bicyclic) bond motifs is 1. The minimum Gasteiger partial charge on any atom is -0.354 e. The maximum atomic E-state index is 11.7. The summed E-state index contributed by atoms with van der Waals surface area (Å²) >= 11 is 0. The number of amides is 1. The van der Waals surface area contributed by atoms with Crippen LogP contribution in [-0.2, 0) is 11.2 Å². The molecule has 7 heteroatoms. The highest BCUT2D eigenvalue weighted by Gasteiger charge is 2.24. The lowest BCUT2D eigenvalue weighted by molar-refractivity contribution is -0.120. The summed E-state index contributed by atoms with van der Waals surface area (Å²) < 4.78 is 1.76. The van der Waals surface area contributed by atoms with Crippen LogP contribution >= 0.6 is 0 Å². The normalized spacial score (nSPS) is 19.6. The molecule has 7 nitrogen and oxygen atoms in total. The van der Waals surface area contributed by atoms with Crippen molar-refractivity contribution in [3.63, 3.8) is 0 Å². The van der Waals surface area contributed by atoms with Crippen LogP contribution in [0, 0.1) is 0 Å². The summed E-state index contributed by atoms with van der Waals surface area (Å²) in [6.07, 6.45) is 3.96. The van der Waals surface area contributed by atoms with Gasteiger partial charge >= 0.3 is 0 Å². The molecule has 0 saturated carbocycles. The van der Waals surface area contributed by atoms with Gasteiger partial charge in [-0.3, -0.25) is 4.79 Å². The molecule has 1 saturated heterocycles. The van der Waals surface area contributed by atoms with Crippen LogP contribution in [0.3, 0.4) is 0 Å². The second kappa shape index (κ2) is 5.67. The summed E-state index contributed by atoms with van der Waals surface area (Å²) in [5.74, 6) is 1.68. The molecule has 1 aliphatic rings. The van der Waals surface area contributed by atoms with Crippen molar-refractivity contribution in [2.45, 2.75) is 39.2 Å². The van der Waals surface area contributed by atoms with Crippen molar-refractivity contribution in [2.24, 2.45) is 0 Å². The predicted octanol–water partition coefficient (Wildman–Crippen LogP) is 0.792. The lowest BCUT2D eigenvalue weighted by Crippen LogP contribution is -2.36. The number of anilines is 1. The first-order valence-electron chi connectivity index (χ1n) is 7.42. The van der Waals surface area contributed by atoms with Gasteiger partial charge in [-0.25, -0.2) is 4.98 Å². The maximum absolute atomic E-state index is 11.7. The van der Waals surface area contributed by atoms with Crippen LogP contribution in [0.4, 0.5) is 5.82 Å². The molecule has 2 aromatic heterocycles. The molecule has 3 rings (SSSR count). The molecular formula is C14H20N6O. The van der Waals surface area contributed by atoms with Gasteiger partial charge in [0.25, 0.3) is 5.78 Å². The van der Waals surface area contributed by atoms with E-state index in [0.29, 0.717) is 18.7 Å². The average molecular weight is 288 g/mol. The summed E-state index contributed by atoms with van der Waals surface area (Å²) in [7, 11) is 0. The molecule has 1 unspecified atom stereocenters. The molecule has 21 heavy (non-hydrogen) atoms. The molecular weight excluding hydrogens is 268 g/mol. The zero-order valence-electron chi connectivity index (χ0n) is 12.4. The van der Waals surface area contributed by atoms with E-state index in [1.54, 1.807) is 4.52 Å². The number of carbonyl (C=O) groups is 1. The third-order valence-corrected chi connectivity index (χ3v) is 3.77. The number of aromatic nitrogens is 4. The molecule has 1 aliphatic heterocycles. The highest BCUT2D eigenvalue weighted by molar-refractivity contribution is 5.77. The molecule has 1 amide bonds. The summed E-state index contributed by atoms with van der Waals surface area (Å²) in [4.78, 5) is 22.6. The highest BCUT2D eigenvalue weighted by Crippen LogP contribution is 2.21. The molecule has 1 fully saturated rings. The van der Waals surface area contributed by atoms with E-state index in [0.717, 1.165) is 30.9 Å². The van der Waals surface area contributed by atoms with Crippen molar-refractivity contribution in [1.29, 1.82) is 0 Å². The van der Waals surface area contributed by atoms with E-state index >= 15 is 0 Å². The van der Waals surface area contributed by atoms with E-state index in [1.807, 2.05) is 0 Å². The zero-order valence-corrected chi connectivity index (χ0v) is 12.4. The minimum absolute atomic E-state index is 0.0997. The number of nitrogens with one attached hydrogen (secondary N) is 1. The van der Waals surface area contributed by atoms with Gasteiger partial charge in [-0.05, 0) is 13.3 Å². The molecule has 112 valence electrons. The van der Waals surface area contributed by atoms with Crippen molar-refractivity contribution >= 4 is 17.5 Å². The Bertz CT molecular complexity index is 652. The molecule has 1 atom stereocenters. The van der Waals surface area contributed by atoms with Crippen molar-refractivity contribution < 1.29 is 4.79 Å². The second-order valence-electron chi connectivity index (χ2n) is 5.42. The predicted molar refractivity (Wildman–Crippen MR) is 79.2 cm³/mol. The van der Waals surface area contributed by atoms with E-state index in [-0.39, 0.29) is 11.9 Å². The van der Waals surface area contributed by atoms with E-state index in [2.05, 4.69) is 45.2 Å². The van der Waals surface area contributed by atoms with Crippen LogP contribution in [0.5, 0.6) is 0 Å². The summed E-state index contributed by atoms with van der Waals surface area (Å²) in [5, 5.41) is 7.19. The largest absolute Gasteiger partial charge is 0.354 e. The fraction of sp³-hybridized carbons (Fsp3) is 0.571. The van der Waals surface area contributed by atoms with Gasteiger partial charge in [-0.1, -0.05) is 13.3 Å². The van der Waals surface area contributed by atoms with Crippen molar-refractivity contribution in [1.82, 2.24) is 24.9 Å².